The van der Waals surface area contributed by atoms with Crippen molar-refractivity contribution in [3.8, 4) is 0 Å². The van der Waals surface area contributed by atoms with Crippen LogP contribution in [-0.2, 0) is 0 Å². The first-order chi connectivity index (χ1) is 18.8. The monoisotopic (exact) mass is 512 g/mol. The molecule has 0 unspecified atom stereocenters. The Labute approximate surface area is 229 Å². The van der Waals surface area contributed by atoms with Crippen molar-refractivity contribution in [1.29, 1.82) is 0 Å². The maximum Gasteiger partial charge on any atom is 0.0734 e. The van der Waals surface area contributed by atoms with Crippen molar-refractivity contribution < 1.29 is 0 Å². The Balaban J connectivity index is 1.47. The molecule has 3 aliphatic rings. The quantitative estimate of drug-likeness (QED) is 0.366. The average Bonchev–Trinajstić information content (AvgIpc) is 2.99. The van der Waals surface area contributed by atoms with Crippen LogP contribution in [-0.4, -0.2) is 71.4 Å². The van der Waals surface area contributed by atoms with Crippen LogP contribution in [0, 0.1) is 0 Å². The lowest BCUT2D eigenvalue weighted by molar-refractivity contribution is 0.237. The minimum absolute atomic E-state index is 0.739. The maximum atomic E-state index is 5.30. The molecule has 6 nitrogen and oxygen atoms in total. The molecular weight excluding hydrogens is 468 g/mol. The molecule has 3 fully saturated rings. The number of nitrogens with zero attached hydrogens (tertiary/aromatic N) is 6. The summed E-state index contributed by atoms with van der Waals surface area (Å²) in [6, 6.07) is 21.4. The molecule has 3 heterocycles. The number of piperidine rings is 3. The van der Waals surface area contributed by atoms with Crippen LogP contribution in [0.5, 0.6) is 0 Å². The molecule has 0 spiro atoms. The Bertz CT molecular complexity index is 984. The fraction of sp³-hybridized carbons (Fsp3) is 0.531. The van der Waals surface area contributed by atoms with Crippen LogP contribution in [0.15, 0.2) is 76.0 Å². The van der Waals surface area contributed by atoms with Crippen LogP contribution in [0.25, 0.3) is 0 Å². The summed E-state index contributed by atoms with van der Waals surface area (Å²) >= 11 is 0. The van der Waals surface area contributed by atoms with Gasteiger partial charge in [0.2, 0.25) is 0 Å². The topological polar surface area (TPSA) is 46.8 Å². The van der Waals surface area contributed by atoms with Gasteiger partial charge in [-0.2, -0.15) is 15.3 Å². The molecule has 202 valence electrons. The number of hydrogen-bond donors (Lipinski definition) is 0. The Hall–Kier alpha value is -3.15. The van der Waals surface area contributed by atoms with Gasteiger partial charge < -0.3 is 0 Å². The molecule has 5 rings (SSSR count). The van der Waals surface area contributed by atoms with E-state index in [9.17, 15) is 0 Å². The van der Waals surface area contributed by atoms with Crippen LogP contribution in [0.4, 0.5) is 0 Å². The first-order valence-corrected chi connectivity index (χ1v) is 14.9. The minimum atomic E-state index is 0.739. The molecule has 2 aromatic rings. The molecule has 0 aliphatic carbocycles. The van der Waals surface area contributed by atoms with Crippen molar-refractivity contribution in [2.45, 2.75) is 70.6 Å². The van der Waals surface area contributed by atoms with E-state index in [0.717, 1.165) is 69.2 Å². The summed E-state index contributed by atoms with van der Waals surface area (Å²) < 4.78 is 0. The smallest absolute Gasteiger partial charge is 0.0734 e. The highest BCUT2D eigenvalue weighted by atomic mass is 15.5. The molecule has 38 heavy (non-hydrogen) atoms. The molecule has 0 aromatic heterocycles. The molecule has 2 aromatic carbocycles. The standard InChI is InChI=1S/C32H44N6/c1-6-16-28(17-7-1)31(34-37-22-12-4-13-23-37)26-30(33-36-20-10-3-11-21-36)27-32(29-18-8-2-9-19-29)35-38-24-14-5-15-25-38/h1-2,6-9,16-19H,3-5,10-15,20-27H2. The summed E-state index contributed by atoms with van der Waals surface area (Å²) in [5.41, 5.74) is 5.78. The van der Waals surface area contributed by atoms with Crippen LogP contribution >= 0.6 is 0 Å². The summed E-state index contributed by atoms with van der Waals surface area (Å²) in [6.07, 6.45) is 12.7. The van der Waals surface area contributed by atoms with E-state index in [1.165, 1.54) is 68.9 Å². The van der Waals surface area contributed by atoms with Gasteiger partial charge in [-0.05, 0) is 68.9 Å². The molecule has 0 radical (unpaired) electrons. The zero-order valence-corrected chi connectivity index (χ0v) is 23.0. The van der Waals surface area contributed by atoms with Gasteiger partial charge in [0.15, 0.2) is 0 Å². The molecule has 0 bridgehead atoms. The highest BCUT2D eigenvalue weighted by molar-refractivity contribution is 6.19. The number of hydrazone groups is 3. The van der Waals surface area contributed by atoms with Gasteiger partial charge in [0.25, 0.3) is 0 Å². The Morgan fingerprint density at radius 3 is 1.16 bits per heavy atom. The first kappa shape index (κ1) is 26.5. The van der Waals surface area contributed by atoms with Crippen molar-refractivity contribution in [2.24, 2.45) is 15.3 Å². The van der Waals surface area contributed by atoms with E-state index in [2.05, 4.69) is 75.7 Å². The van der Waals surface area contributed by atoms with Crippen molar-refractivity contribution in [1.82, 2.24) is 15.0 Å². The normalized spacial score (nSPS) is 19.4. The lowest BCUT2D eigenvalue weighted by Crippen LogP contribution is -2.30. The molecule has 0 saturated carbocycles. The predicted molar refractivity (Wildman–Crippen MR) is 159 cm³/mol. The van der Waals surface area contributed by atoms with Crippen molar-refractivity contribution in [3.05, 3.63) is 71.8 Å². The first-order valence-electron chi connectivity index (χ1n) is 14.9. The van der Waals surface area contributed by atoms with E-state index in [0.29, 0.717) is 0 Å². The van der Waals surface area contributed by atoms with Crippen LogP contribution in [0.3, 0.4) is 0 Å². The third-order valence-corrected chi connectivity index (χ3v) is 7.76. The molecule has 0 atom stereocenters. The Kier molecular flexibility index (Phi) is 9.84. The van der Waals surface area contributed by atoms with E-state index in [1.807, 2.05) is 0 Å². The summed E-state index contributed by atoms with van der Waals surface area (Å²) in [5, 5.41) is 22.6. The van der Waals surface area contributed by atoms with Gasteiger partial charge in [-0.1, -0.05) is 60.7 Å². The van der Waals surface area contributed by atoms with Gasteiger partial charge in [0.05, 0.1) is 17.1 Å². The number of rotatable bonds is 9. The Morgan fingerprint density at radius 2 is 0.789 bits per heavy atom. The van der Waals surface area contributed by atoms with Gasteiger partial charge in [0.1, 0.15) is 0 Å². The van der Waals surface area contributed by atoms with Gasteiger partial charge in [-0.15, -0.1) is 0 Å². The second-order valence-corrected chi connectivity index (χ2v) is 10.9. The van der Waals surface area contributed by atoms with E-state index < -0.39 is 0 Å². The SMILES string of the molecule is c1ccc(C(CC(CC(=NN2CCCCC2)c2ccccc2)=NN2CCCCC2)=NN2CCCCC2)cc1. The van der Waals surface area contributed by atoms with Crippen LogP contribution in [0.1, 0.15) is 81.8 Å². The molecular formula is C32H44N6. The fourth-order valence-corrected chi connectivity index (χ4v) is 5.64. The van der Waals surface area contributed by atoms with Crippen LogP contribution in [0.2, 0.25) is 0 Å². The second-order valence-electron chi connectivity index (χ2n) is 10.9. The molecule has 3 aliphatic heterocycles. The highest BCUT2D eigenvalue weighted by Gasteiger charge is 2.19. The average molecular weight is 513 g/mol. The Morgan fingerprint density at radius 1 is 0.447 bits per heavy atom. The van der Waals surface area contributed by atoms with Gasteiger partial charge in [-0.25, -0.2) is 0 Å². The number of benzene rings is 2. The van der Waals surface area contributed by atoms with E-state index >= 15 is 0 Å². The summed E-state index contributed by atoms with van der Waals surface area (Å²) in [7, 11) is 0. The fourth-order valence-electron chi connectivity index (χ4n) is 5.64. The third-order valence-electron chi connectivity index (χ3n) is 7.76. The minimum Gasteiger partial charge on any atom is -0.297 e. The van der Waals surface area contributed by atoms with E-state index in [-0.39, 0.29) is 0 Å². The lowest BCUT2D eigenvalue weighted by Gasteiger charge is -2.27. The lowest BCUT2D eigenvalue weighted by atomic mass is 9.98. The largest absolute Gasteiger partial charge is 0.297 e. The second kappa shape index (κ2) is 14.1. The summed E-state index contributed by atoms with van der Waals surface area (Å²) in [5.74, 6) is 0. The molecule has 3 saturated heterocycles. The summed E-state index contributed by atoms with van der Waals surface area (Å²) in [6.45, 7) is 6.25. The van der Waals surface area contributed by atoms with Gasteiger partial charge in [0, 0.05) is 52.1 Å². The van der Waals surface area contributed by atoms with E-state index in [1.54, 1.807) is 0 Å². The van der Waals surface area contributed by atoms with Gasteiger partial charge >= 0.3 is 0 Å². The third kappa shape index (κ3) is 7.92. The van der Waals surface area contributed by atoms with Crippen molar-refractivity contribution in [3.63, 3.8) is 0 Å². The maximum absolute atomic E-state index is 5.30. The highest BCUT2D eigenvalue weighted by Crippen LogP contribution is 2.18. The zero-order valence-electron chi connectivity index (χ0n) is 23.0. The van der Waals surface area contributed by atoms with Crippen LogP contribution < -0.4 is 0 Å². The van der Waals surface area contributed by atoms with Crippen molar-refractivity contribution >= 4 is 17.1 Å². The zero-order chi connectivity index (χ0) is 25.8. The molecule has 0 N–H and O–H groups in total. The molecule has 0 amide bonds. The van der Waals surface area contributed by atoms with Gasteiger partial charge in [-0.3, -0.25) is 15.0 Å². The van der Waals surface area contributed by atoms with E-state index in [4.69, 9.17) is 15.3 Å². The van der Waals surface area contributed by atoms with Crippen molar-refractivity contribution in [2.75, 3.05) is 39.3 Å². The number of hydrogen-bond acceptors (Lipinski definition) is 6. The molecule has 6 heteroatoms. The predicted octanol–water partition coefficient (Wildman–Crippen LogP) is 6.39. The summed E-state index contributed by atoms with van der Waals surface area (Å²) in [4.78, 5) is 0.